The number of nitrogens with zero attached hydrogens (tertiary/aromatic N) is 2. The first-order chi connectivity index (χ1) is 10.2. The fourth-order valence-electron chi connectivity index (χ4n) is 2.76. The Morgan fingerprint density at radius 1 is 1.29 bits per heavy atom. The number of rotatable bonds is 3. The van der Waals surface area contributed by atoms with Crippen molar-refractivity contribution in [3.63, 3.8) is 0 Å². The first-order valence-electron chi connectivity index (χ1n) is 7.42. The summed E-state index contributed by atoms with van der Waals surface area (Å²) in [7, 11) is 0. The summed E-state index contributed by atoms with van der Waals surface area (Å²) in [4.78, 5) is 13.7. The van der Waals surface area contributed by atoms with Gasteiger partial charge in [0.2, 0.25) is 5.91 Å². The molecule has 3 rings (SSSR count). The highest BCUT2D eigenvalue weighted by molar-refractivity contribution is 5.81. The molecule has 1 saturated carbocycles. The van der Waals surface area contributed by atoms with Crippen molar-refractivity contribution in [2.24, 2.45) is 5.92 Å². The monoisotopic (exact) mass is 287 g/mol. The molecule has 5 heteroatoms. The largest absolute Gasteiger partial charge is 0.369 e. The van der Waals surface area contributed by atoms with Crippen LogP contribution in [0.5, 0.6) is 0 Å². The van der Waals surface area contributed by atoms with Crippen LogP contribution in [0.1, 0.15) is 31.2 Å². The van der Waals surface area contributed by atoms with Crippen LogP contribution in [0.15, 0.2) is 18.2 Å². The summed E-state index contributed by atoms with van der Waals surface area (Å²) < 4.78 is 14.0. The van der Waals surface area contributed by atoms with Crippen LogP contribution in [-0.2, 0) is 4.79 Å². The molecule has 0 unspecified atom stereocenters. The minimum absolute atomic E-state index is 0.179. The Morgan fingerprint density at radius 3 is 2.57 bits per heavy atom. The highest BCUT2D eigenvalue weighted by atomic mass is 19.1. The van der Waals surface area contributed by atoms with E-state index < -0.39 is 0 Å². The molecule has 0 atom stereocenters. The number of nitriles is 1. The van der Waals surface area contributed by atoms with Crippen LogP contribution in [0.3, 0.4) is 0 Å². The maximum Gasteiger partial charge on any atom is 0.223 e. The lowest BCUT2D eigenvalue weighted by Gasteiger charge is -2.34. The van der Waals surface area contributed by atoms with E-state index in [0.717, 1.165) is 38.8 Å². The van der Waals surface area contributed by atoms with Crippen LogP contribution in [-0.4, -0.2) is 25.0 Å². The Balaban J connectivity index is 1.58. The number of nitrogens with one attached hydrogen (secondary N) is 1. The zero-order valence-corrected chi connectivity index (χ0v) is 11.8. The molecule has 1 saturated heterocycles. The van der Waals surface area contributed by atoms with Crippen molar-refractivity contribution in [2.45, 2.75) is 31.7 Å². The van der Waals surface area contributed by atoms with E-state index in [0.29, 0.717) is 11.3 Å². The van der Waals surface area contributed by atoms with E-state index in [9.17, 15) is 9.18 Å². The van der Waals surface area contributed by atoms with Crippen molar-refractivity contribution in [2.75, 3.05) is 18.0 Å². The molecule has 1 aliphatic carbocycles. The van der Waals surface area contributed by atoms with Gasteiger partial charge >= 0.3 is 0 Å². The molecule has 2 aliphatic rings. The number of hydrogen-bond donors (Lipinski definition) is 1. The molecule has 0 radical (unpaired) electrons. The van der Waals surface area contributed by atoms with Gasteiger partial charge in [-0.2, -0.15) is 5.26 Å². The third-order valence-corrected chi connectivity index (χ3v) is 4.21. The van der Waals surface area contributed by atoms with Crippen LogP contribution in [0.2, 0.25) is 0 Å². The predicted octanol–water partition coefficient (Wildman–Crippen LogP) is 2.19. The van der Waals surface area contributed by atoms with E-state index in [1.165, 1.54) is 6.07 Å². The third kappa shape index (κ3) is 3.15. The normalized spacial score (nSPS) is 19.1. The summed E-state index contributed by atoms with van der Waals surface area (Å²) >= 11 is 0. The Morgan fingerprint density at radius 2 is 2.00 bits per heavy atom. The molecule has 1 aliphatic heterocycles. The maximum atomic E-state index is 14.0. The Kier molecular flexibility index (Phi) is 3.78. The van der Waals surface area contributed by atoms with Crippen molar-refractivity contribution in [1.82, 2.24) is 5.32 Å². The fourth-order valence-corrected chi connectivity index (χ4v) is 2.76. The van der Waals surface area contributed by atoms with Gasteiger partial charge in [-0.15, -0.1) is 0 Å². The molecule has 0 spiro atoms. The van der Waals surface area contributed by atoms with Crippen molar-refractivity contribution >= 4 is 11.6 Å². The second kappa shape index (κ2) is 5.72. The van der Waals surface area contributed by atoms with E-state index in [-0.39, 0.29) is 23.7 Å². The molecule has 1 amide bonds. The van der Waals surface area contributed by atoms with Gasteiger partial charge in [0, 0.05) is 25.0 Å². The van der Waals surface area contributed by atoms with Crippen LogP contribution in [0, 0.1) is 23.1 Å². The molecule has 1 aromatic carbocycles. The van der Waals surface area contributed by atoms with E-state index in [1.54, 1.807) is 12.1 Å². The summed E-state index contributed by atoms with van der Waals surface area (Å²) in [6.45, 7) is 1.44. The second-order valence-electron chi connectivity index (χ2n) is 5.82. The highest BCUT2D eigenvalue weighted by Gasteiger charge is 2.32. The van der Waals surface area contributed by atoms with Gasteiger partial charge in [-0.3, -0.25) is 4.79 Å². The number of benzene rings is 1. The molecule has 21 heavy (non-hydrogen) atoms. The SMILES string of the molecule is N#Cc1ccc(N2CCC(NC(=O)C3CC3)CC2)c(F)c1. The Labute approximate surface area is 123 Å². The first-order valence-corrected chi connectivity index (χ1v) is 7.42. The lowest BCUT2D eigenvalue weighted by Crippen LogP contribution is -2.45. The molecule has 4 nitrogen and oxygen atoms in total. The highest BCUT2D eigenvalue weighted by Crippen LogP contribution is 2.30. The van der Waals surface area contributed by atoms with Crippen LogP contribution in [0.25, 0.3) is 0 Å². The summed E-state index contributed by atoms with van der Waals surface area (Å²) in [5, 5.41) is 11.8. The lowest BCUT2D eigenvalue weighted by atomic mass is 10.0. The number of piperidine rings is 1. The minimum Gasteiger partial charge on any atom is -0.369 e. The van der Waals surface area contributed by atoms with Gasteiger partial charge in [-0.1, -0.05) is 0 Å². The molecule has 0 aromatic heterocycles. The molecule has 1 aromatic rings. The zero-order chi connectivity index (χ0) is 14.8. The van der Waals surface area contributed by atoms with Crippen molar-refractivity contribution in [3.8, 4) is 6.07 Å². The smallest absolute Gasteiger partial charge is 0.223 e. The average molecular weight is 287 g/mol. The van der Waals surface area contributed by atoms with Gasteiger partial charge in [-0.25, -0.2) is 4.39 Å². The number of anilines is 1. The number of amides is 1. The average Bonchev–Trinajstić information content (AvgIpc) is 3.33. The lowest BCUT2D eigenvalue weighted by molar-refractivity contribution is -0.123. The molecular formula is C16H18FN3O. The predicted molar refractivity (Wildman–Crippen MR) is 77.2 cm³/mol. The molecule has 2 fully saturated rings. The minimum atomic E-state index is -0.352. The fraction of sp³-hybridized carbons (Fsp3) is 0.500. The number of carbonyl (C=O) groups is 1. The second-order valence-corrected chi connectivity index (χ2v) is 5.82. The quantitative estimate of drug-likeness (QED) is 0.927. The van der Waals surface area contributed by atoms with Gasteiger partial charge in [0.05, 0.1) is 17.3 Å². The standard InChI is InChI=1S/C16H18FN3O/c17-14-9-11(10-18)1-4-15(14)20-7-5-13(6-8-20)19-16(21)12-2-3-12/h1,4,9,12-13H,2-3,5-8H2,(H,19,21). The number of halogens is 1. The van der Waals surface area contributed by atoms with Crippen LogP contribution < -0.4 is 10.2 Å². The van der Waals surface area contributed by atoms with Gasteiger partial charge in [0.25, 0.3) is 0 Å². The van der Waals surface area contributed by atoms with E-state index in [2.05, 4.69) is 5.32 Å². The molecule has 110 valence electrons. The van der Waals surface area contributed by atoms with Crippen molar-refractivity contribution in [1.29, 1.82) is 5.26 Å². The summed E-state index contributed by atoms with van der Waals surface area (Å²) in [5.41, 5.74) is 0.879. The molecule has 0 bridgehead atoms. The summed E-state index contributed by atoms with van der Waals surface area (Å²) in [6, 6.07) is 6.72. The first kappa shape index (κ1) is 13.9. The number of carbonyl (C=O) groups excluding carboxylic acids is 1. The summed E-state index contributed by atoms with van der Waals surface area (Å²) in [5.74, 6) is 0.0616. The Bertz CT molecular complexity index is 584. The van der Waals surface area contributed by atoms with E-state index in [1.807, 2.05) is 11.0 Å². The van der Waals surface area contributed by atoms with Crippen molar-refractivity contribution < 1.29 is 9.18 Å². The van der Waals surface area contributed by atoms with E-state index >= 15 is 0 Å². The van der Waals surface area contributed by atoms with Gasteiger partial charge in [0.15, 0.2) is 0 Å². The van der Waals surface area contributed by atoms with Gasteiger partial charge in [0.1, 0.15) is 5.82 Å². The number of hydrogen-bond acceptors (Lipinski definition) is 3. The van der Waals surface area contributed by atoms with E-state index in [4.69, 9.17) is 5.26 Å². The molecular weight excluding hydrogens is 269 g/mol. The van der Waals surface area contributed by atoms with Gasteiger partial charge in [-0.05, 0) is 43.9 Å². The zero-order valence-electron chi connectivity index (χ0n) is 11.8. The third-order valence-electron chi connectivity index (χ3n) is 4.21. The van der Waals surface area contributed by atoms with Crippen LogP contribution in [0.4, 0.5) is 10.1 Å². The van der Waals surface area contributed by atoms with Crippen molar-refractivity contribution in [3.05, 3.63) is 29.6 Å². The Hall–Kier alpha value is -2.09. The van der Waals surface area contributed by atoms with Crippen LogP contribution >= 0.6 is 0 Å². The van der Waals surface area contributed by atoms with Gasteiger partial charge < -0.3 is 10.2 Å². The topological polar surface area (TPSA) is 56.1 Å². The maximum absolute atomic E-state index is 14.0. The molecule has 1 N–H and O–H groups in total. The summed E-state index contributed by atoms with van der Waals surface area (Å²) in [6.07, 6.45) is 3.69. The molecule has 1 heterocycles.